The van der Waals surface area contributed by atoms with Crippen LogP contribution in [0.25, 0.3) is 0 Å². The Morgan fingerprint density at radius 2 is 1.82 bits per heavy atom. The number of halogens is 1. The van der Waals surface area contributed by atoms with Gasteiger partial charge < -0.3 is 29.3 Å². The highest BCUT2D eigenvalue weighted by molar-refractivity contribution is 14.0. The molecule has 0 radical (unpaired) electrons. The zero-order valence-corrected chi connectivity index (χ0v) is 22.2. The molecule has 1 aromatic carbocycles. The second-order valence-corrected chi connectivity index (χ2v) is 7.79. The molecule has 10 heteroatoms. The van der Waals surface area contributed by atoms with Crippen LogP contribution >= 0.6 is 24.0 Å². The summed E-state index contributed by atoms with van der Waals surface area (Å²) in [4.78, 5) is 23.1. The molecule has 1 amide bonds. The molecule has 9 nitrogen and oxygen atoms in total. The van der Waals surface area contributed by atoms with Gasteiger partial charge in [-0.3, -0.25) is 4.90 Å². The van der Waals surface area contributed by atoms with Crippen LogP contribution in [0.5, 0.6) is 5.75 Å². The summed E-state index contributed by atoms with van der Waals surface area (Å²) in [7, 11) is 0. The number of nitrogens with one attached hydrogen (secondary N) is 1. The van der Waals surface area contributed by atoms with Gasteiger partial charge in [0.1, 0.15) is 12.4 Å². The SMILES string of the molecule is CCNC(=NCc1cccc(OCCN2CCOCC2)c1)N1CCN(C(=O)OCC)CC1.I. The molecule has 2 fully saturated rings. The Morgan fingerprint density at radius 1 is 1.09 bits per heavy atom. The van der Waals surface area contributed by atoms with Gasteiger partial charge in [-0.15, -0.1) is 24.0 Å². The molecule has 2 aliphatic rings. The molecule has 0 aromatic heterocycles. The van der Waals surface area contributed by atoms with Crippen molar-refractivity contribution in [1.29, 1.82) is 0 Å². The van der Waals surface area contributed by atoms with Gasteiger partial charge in [0.05, 0.1) is 26.4 Å². The lowest BCUT2D eigenvalue weighted by atomic mass is 10.2. The van der Waals surface area contributed by atoms with Gasteiger partial charge in [0.25, 0.3) is 0 Å². The monoisotopic (exact) mass is 575 g/mol. The normalized spacial score (nSPS) is 17.3. The number of guanidine groups is 1. The van der Waals surface area contributed by atoms with Crippen molar-refractivity contribution in [1.82, 2.24) is 20.0 Å². The van der Waals surface area contributed by atoms with Gasteiger partial charge in [0.15, 0.2) is 5.96 Å². The summed E-state index contributed by atoms with van der Waals surface area (Å²) in [6.45, 7) is 13.5. The van der Waals surface area contributed by atoms with E-state index in [-0.39, 0.29) is 30.1 Å². The van der Waals surface area contributed by atoms with E-state index >= 15 is 0 Å². The second kappa shape index (κ2) is 15.2. The molecule has 0 atom stereocenters. The fourth-order valence-corrected chi connectivity index (χ4v) is 3.76. The van der Waals surface area contributed by atoms with Crippen LogP contribution in [0.15, 0.2) is 29.3 Å². The fraction of sp³-hybridized carbons (Fsp3) is 0.652. The van der Waals surface area contributed by atoms with E-state index in [0.717, 1.165) is 69.8 Å². The Balaban J connectivity index is 0.00000385. The third kappa shape index (κ3) is 9.17. The van der Waals surface area contributed by atoms with Crippen LogP contribution in [0.2, 0.25) is 0 Å². The van der Waals surface area contributed by atoms with Gasteiger partial charge in [0.2, 0.25) is 0 Å². The van der Waals surface area contributed by atoms with Gasteiger partial charge in [-0.05, 0) is 31.5 Å². The van der Waals surface area contributed by atoms with Crippen molar-refractivity contribution in [3.8, 4) is 5.75 Å². The predicted molar refractivity (Wildman–Crippen MR) is 140 cm³/mol. The van der Waals surface area contributed by atoms with Crippen molar-refractivity contribution in [3.63, 3.8) is 0 Å². The van der Waals surface area contributed by atoms with Crippen LogP contribution in [0.4, 0.5) is 4.79 Å². The minimum absolute atomic E-state index is 0. The maximum absolute atomic E-state index is 11.9. The number of morpholine rings is 1. The maximum atomic E-state index is 11.9. The Kier molecular flexibility index (Phi) is 12.6. The summed E-state index contributed by atoms with van der Waals surface area (Å²) in [5.41, 5.74) is 1.11. The van der Waals surface area contributed by atoms with Crippen molar-refractivity contribution in [2.45, 2.75) is 20.4 Å². The van der Waals surface area contributed by atoms with E-state index in [0.29, 0.717) is 32.8 Å². The van der Waals surface area contributed by atoms with Crippen molar-refractivity contribution in [2.75, 3.05) is 78.8 Å². The molecule has 0 aliphatic carbocycles. The van der Waals surface area contributed by atoms with Crippen LogP contribution in [-0.4, -0.2) is 106 Å². The number of carbonyl (C=O) groups is 1. The number of ether oxygens (including phenoxy) is 3. The molecule has 1 aromatic rings. The lowest BCUT2D eigenvalue weighted by Gasteiger charge is -2.35. The maximum Gasteiger partial charge on any atom is 0.409 e. The van der Waals surface area contributed by atoms with Gasteiger partial charge in [0, 0.05) is 52.4 Å². The number of piperazine rings is 1. The third-order valence-corrected chi connectivity index (χ3v) is 5.53. The van der Waals surface area contributed by atoms with Crippen LogP contribution in [-0.2, 0) is 16.0 Å². The van der Waals surface area contributed by atoms with E-state index in [4.69, 9.17) is 19.2 Å². The predicted octanol–water partition coefficient (Wildman–Crippen LogP) is 2.26. The standard InChI is InChI=1S/C23H37N5O4.HI/c1-3-24-22(27-8-10-28(11-9-27)23(29)31-4-2)25-19-20-6-5-7-21(18-20)32-17-14-26-12-15-30-16-13-26;/h5-7,18H,3-4,8-17,19H2,1-2H3,(H,24,25);1H. The minimum Gasteiger partial charge on any atom is -0.492 e. The second-order valence-electron chi connectivity index (χ2n) is 7.79. The number of hydrogen-bond acceptors (Lipinski definition) is 6. The number of amides is 1. The molecule has 33 heavy (non-hydrogen) atoms. The summed E-state index contributed by atoms with van der Waals surface area (Å²) in [6, 6.07) is 8.14. The van der Waals surface area contributed by atoms with Gasteiger partial charge in [-0.25, -0.2) is 9.79 Å². The van der Waals surface area contributed by atoms with E-state index in [1.165, 1.54) is 0 Å². The molecule has 186 valence electrons. The van der Waals surface area contributed by atoms with Gasteiger partial charge in [-0.2, -0.15) is 0 Å². The molecule has 2 saturated heterocycles. The molecule has 0 unspecified atom stereocenters. The molecular formula is C23H38IN5O4. The van der Waals surface area contributed by atoms with Crippen molar-refractivity contribution in [3.05, 3.63) is 29.8 Å². The van der Waals surface area contributed by atoms with E-state index < -0.39 is 0 Å². The van der Waals surface area contributed by atoms with Crippen LogP contribution in [0, 0.1) is 0 Å². The van der Waals surface area contributed by atoms with Gasteiger partial charge in [-0.1, -0.05) is 12.1 Å². The fourth-order valence-electron chi connectivity index (χ4n) is 3.76. The third-order valence-electron chi connectivity index (χ3n) is 5.53. The smallest absolute Gasteiger partial charge is 0.409 e. The molecular weight excluding hydrogens is 537 g/mol. The summed E-state index contributed by atoms with van der Waals surface area (Å²) in [5, 5.41) is 3.37. The topological polar surface area (TPSA) is 78.9 Å². The summed E-state index contributed by atoms with van der Waals surface area (Å²) < 4.78 is 16.5. The van der Waals surface area contributed by atoms with E-state index in [1.807, 2.05) is 19.1 Å². The number of benzene rings is 1. The van der Waals surface area contributed by atoms with Crippen molar-refractivity contribution in [2.24, 2.45) is 4.99 Å². The highest BCUT2D eigenvalue weighted by Gasteiger charge is 2.23. The average Bonchev–Trinajstić information content (AvgIpc) is 2.83. The lowest BCUT2D eigenvalue weighted by Crippen LogP contribution is -2.53. The van der Waals surface area contributed by atoms with Gasteiger partial charge >= 0.3 is 6.09 Å². The van der Waals surface area contributed by atoms with Crippen LogP contribution in [0.1, 0.15) is 19.4 Å². The zero-order valence-electron chi connectivity index (χ0n) is 19.8. The van der Waals surface area contributed by atoms with E-state index in [1.54, 1.807) is 4.90 Å². The largest absolute Gasteiger partial charge is 0.492 e. The summed E-state index contributed by atoms with van der Waals surface area (Å²) in [6.07, 6.45) is -0.237. The first-order chi connectivity index (χ1) is 15.7. The Bertz CT molecular complexity index is 737. The van der Waals surface area contributed by atoms with Crippen molar-refractivity contribution >= 4 is 36.0 Å². The number of carbonyl (C=O) groups excluding carboxylic acids is 1. The molecule has 2 heterocycles. The summed E-state index contributed by atoms with van der Waals surface area (Å²) in [5.74, 6) is 1.74. The molecule has 2 aliphatic heterocycles. The van der Waals surface area contributed by atoms with Crippen LogP contribution in [0.3, 0.4) is 0 Å². The van der Waals surface area contributed by atoms with Crippen LogP contribution < -0.4 is 10.1 Å². The van der Waals surface area contributed by atoms with E-state index in [9.17, 15) is 4.79 Å². The number of rotatable bonds is 8. The highest BCUT2D eigenvalue weighted by Crippen LogP contribution is 2.15. The molecule has 0 bridgehead atoms. The highest BCUT2D eigenvalue weighted by atomic mass is 127. The zero-order chi connectivity index (χ0) is 22.6. The number of hydrogen-bond donors (Lipinski definition) is 1. The number of aliphatic imine (C=N–C) groups is 1. The Hall–Kier alpha value is -1.79. The molecule has 0 saturated carbocycles. The first-order valence-electron chi connectivity index (χ1n) is 11.7. The Labute approximate surface area is 214 Å². The summed E-state index contributed by atoms with van der Waals surface area (Å²) >= 11 is 0. The number of nitrogens with zero attached hydrogens (tertiary/aromatic N) is 4. The first-order valence-corrected chi connectivity index (χ1v) is 11.7. The molecule has 3 rings (SSSR count). The lowest BCUT2D eigenvalue weighted by molar-refractivity contribution is 0.0322. The molecule has 1 N–H and O–H groups in total. The minimum atomic E-state index is -0.237. The first kappa shape index (κ1) is 27.5. The van der Waals surface area contributed by atoms with E-state index in [2.05, 4.69) is 34.2 Å². The molecule has 0 spiro atoms. The quantitative estimate of drug-likeness (QED) is 0.290. The van der Waals surface area contributed by atoms with Crippen molar-refractivity contribution < 1.29 is 19.0 Å². The Morgan fingerprint density at radius 3 is 2.52 bits per heavy atom. The average molecular weight is 575 g/mol.